The van der Waals surface area contributed by atoms with Crippen LogP contribution in [0.15, 0.2) is 24.5 Å². The van der Waals surface area contributed by atoms with Gasteiger partial charge in [-0.3, -0.25) is 19.0 Å². The summed E-state index contributed by atoms with van der Waals surface area (Å²) >= 11 is 0. The quantitative estimate of drug-likeness (QED) is 0.720. The van der Waals surface area contributed by atoms with Crippen molar-refractivity contribution in [2.75, 3.05) is 23.7 Å². The Kier molecular flexibility index (Phi) is 4.34. The third-order valence-corrected chi connectivity index (χ3v) is 4.38. The highest BCUT2D eigenvalue weighted by Crippen LogP contribution is 2.31. The van der Waals surface area contributed by atoms with Crippen LogP contribution in [0.3, 0.4) is 0 Å². The van der Waals surface area contributed by atoms with E-state index in [2.05, 4.69) is 26.1 Å². The molecule has 2 aromatic rings. The van der Waals surface area contributed by atoms with Crippen molar-refractivity contribution in [1.82, 2.24) is 24.9 Å². The van der Waals surface area contributed by atoms with Crippen molar-refractivity contribution < 1.29 is 9.59 Å². The molecule has 3 rings (SSSR count). The van der Waals surface area contributed by atoms with Gasteiger partial charge >= 0.3 is 0 Å². The fraction of sp³-hybridized carbons (Fsp3) is 0.467. The lowest BCUT2D eigenvalue weighted by Crippen LogP contribution is -2.41. The second kappa shape index (κ2) is 6.44. The van der Waals surface area contributed by atoms with Gasteiger partial charge in [0.25, 0.3) is 0 Å². The minimum Gasteiger partial charge on any atom is -0.316 e. The fourth-order valence-electron chi connectivity index (χ4n) is 2.91. The molecule has 0 saturated carbocycles. The second-order valence-corrected chi connectivity index (χ2v) is 6.07. The molecule has 24 heavy (non-hydrogen) atoms. The average molecular weight is 331 g/mol. The highest BCUT2D eigenvalue weighted by Gasteiger charge is 2.43. The van der Waals surface area contributed by atoms with Gasteiger partial charge in [0.05, 0.1) is 17.8 Å². The zero-order valence-electron chi connectivity index (χ0n) is 13.7. The number of hydrogen-bond donors (Lipinski definition) is 3. The predicted octanol–water partition coefficient (Wildman–Crippen LogP) is 0.101. The summed E-state index contributed by atoms with van der Waals surface area (Å²) in [6.45, 7) is 1.17. The highest BCUT2D eigenvalue weighted by molar-refractivity contribution is 6.00. The van der Waals surface area contributed by atoms with Crippen molar-refractivity contribution in [3.05, 3.63) is 24.5 Å². The van der Waals surface area contributed by atoms with Gasteiger partial charge in [-0.1, -0.05) is 0 Å². The first-order valence-electron chi connectivity index (χ1n) is 7.78. The Bertz CT molecular complexity index is 743. The summed E-state index contributed by atoms with van der Waals surface area (Å²) < 4.78 is 3.16. The van der Waals surface area contributed by atoms with Crippen LogP contribution in [-0.2, 0) is 23.7 Å². The van der Waals surface area contributed by atoms with Crippen molar-refractivity contribution in [1.29, 1.82) is 0 Å². The van der Waals surface area contributed by atoms with E-state index in [0.29, 0.717) is 31.1 Å². The minimum atomic E-state index is -0.771. The number of aromatic nitrogens is 4. The number of amides is 2. The Hall–Kier alpha value is -2.68. The molecule has 0 bridgehead atoms. The van der Waals surface area contributed by atoms with E-state index in [-0.39, 0.29) is 18.2 Å². The zero-order chi connectivity index (χ0) is 17.2. The van der Waals surface area contributed by atoms with Gasteiger partial charge < -0.3 is 16.0 Å². The first-order valence-corrected chi connectivity index (χ1v) is 7.78. The number of nitrogens with zero attached hydrogens (tertiary/aromatic N) is 4. The van der Waals surface area contributed by atoms with Gasteiger partial charge in [-0.15, -0.1) is 0 Å². The molecule has 1 saturated heterocycles. The van der Waals surface area contributed by atoms with Gasteiger partial charge in [-0.2, -0.15) is 10.2 Å². The molecular formula is C15H21N7O2. The van der Waals surface area contributed by atoms with Gasteiger partial charge in [-0.25, -0.2) is 0 Å². The van der Waals surface area contributed by atoms with E-state index < -0.39 is 5.41 Å². The lowest BCUT2D eigenvalue weighted by Gasteiger charge is -2.26. The van der Waals surface area contributed by atoms with E-state index in [9.17, 15) is 9.59 Å². The van der Waals surface area contributed by atoms with E-state index in [1.54, 1.807) is 48.0 Å². The van der Waals surface area contributed by atoms with Crippen molar-refractivity contribution in [3.63, 3.8) is 0 Å². The molecule has 9 nitrogen and oxygen atoms in total. The molecule has 1 aliphatic rings. The highest BCUT2D eigenvalue weighted by atomic mass is 16.2. The maximum absolute atomic E-state index is 12.8. The van der Waals surface area contributed by atoms with Gasteiger partial charge in [-0.05, 0) is 13.0 Å². The lowest BCUT2D eigenvalue weighted by molar-refractivity contribution is -0.129. The van der Waals surface area contributed by atoms with Gasteiger partial charge in [0.15, 0.2) is 0 Å². The molecule has 0 radical (unpaired) electrons. The first kappa shape index (κ1) is 16.2. The Balaban J connectivity index is 1.71. The lowest BCUT2D eigenvalue weighted by atomic mass is 9.82. The molecule has 1 aliphatic heterocycles. The molecular weight excluding hydrogens is 310 g/mol. The van der Waals surface area contributed by atoms with Crippen molar-refractivity contribution in [3.8, 4) is 0 Å². The van der Waals surface area contributed by atoms with Gasteiger partial charge in [0, 0.05) is 39.2 Å². The van der Waals surface area contributed by atoms with E-state index in [0.717, 1.165) is 0 Å². The number of nitrogens with one attached hydrogen (secondary N) is 3. The number of rotatable bonds is 5. The monoisotopic (exact) mass is 331 g/mol. The number of carbonyl (C=O) groups excluding carboxylic acids is 2. The Morgan fingerprint density at radius 3 is 2.29 bits per heavy atom. The second-order valence-electron chi connectivity index (χ2n) is 6.07. The standard InChI is InChI=1S/C15H21N7O2/c1-21-11(3-6-17-21)19-13(23)9-15(5-8-16-10-15)14(24)20-12-4-7-18-22(12)2/h3-4,6-7,16H,5,8-10H2,1-2H3,(H,19,23)(H,20,24). The van der Waals surface area contributed by atoms with Crippen molar-refractivity contribution >= 4 is 23.5 Å². The van der Waals surface area contributed by atoms with Crippen LogP contribution in [-0.4, -0.2) is 44.5 Å². The van der Waals surface area contributed by atoms with Crippen LogP contribution >= 0.6 is 0 Å². The molecule has 1 fully saturated rings. The molecule has 0 aliphatic carbocycles. The summed E-state index contributed by atoms with van der Waals surface area (Å²) in [5.41, 5.74) is -0.771. The molecule has 2 aromatic heterocycles. The SMILES string of the molecule is Cn1nccc1NC(=O)CC1(C(=O)Nc2ccnn2C)CCNC1. The summed E-state index contributed by atoms with van der Waals surface area (Å²) in [6.07, 6.45) is 3.94. The third-order valence-electron chi connectivity index (χ3n) is 4.38. The molecule has 3 N–H and O–H groups in total. The number of aryl methyl sites for hydroxylation is 2. The zero-order valence-corrected chi connectivity index (χ0v) is 13.7. The van der Waals surface area contributed by atoms with E-state index >= 15 is 0 Å². The van der Waals surface area contributed by atoms with Crippen LogP contribution < -0.4 is 16.0 Å². The Morgan fingerprint density at radius 2 is 1.79 bits per heavy atom. The van der Waals surface area contributed by atoms with E-state index in [1.807, 2.05) is 0 Å². The average Bonchev–Trinajstić information content (AvgIpc) is 3.25. The van der Waals surface area contributed by atoms with Crippen molar-refractivity contribution in [2.45, 2.75) is 12.8 Å². The number of hydrogen-bond acceptors (Lipinski definition) is 5. The Morgan fingerprint density at radius 1 is 1.17 bits per heavy atom. The van der Waals surface area contributed by atoms with E-state index in [4.69, 9.17) is 0 Å². The third kappa shape index (κ3) is 3.16. The summed E-state index contributed by atoms with van der Waals surface area (Å²) in [4.78, 5) is 25.2. The smallest absolute Gasteiger partial charge is 0.233 e. The molecule has 9 heteroatoms. The largest absolute Gasteiger partial charge is 0.316 e. The molecule has 1 atom stereocenters. The molecule has 128 valence electrons. The van der Waals surface area contributed by atoms with E-state index in [1.165, 1.54) is 0 Å². The molecule has 1 unspecified atom stereocenters. The van der Waals surface area contributed by atoms with Crippen LogP contribution in [0, 0.1) is 5.41 Å². The van der Waals surface area contributed by atoms with Gasteiger partial charge in [0.2, 0.25) is 11.8 Å². The predicted molar refractivity (Wildman–Crippen MR) is 88.2 cm³/mol. The number of carbonyl (C=O) groups is 2. The summed E-state index contributed by atoms with van der Waals surface area (Å²) in [5.74, 6) is 0.838. The minimum absolute atomic E-state index is 0.106. The van der Waals surface area contributed by atoms with Gasteiger partial charge in [0.1, 0.15) is 11.6 Å². The maximum atomic E-state index is 12.8. The summed E-state index contributed by atoms with van der Waals surface area (Å²) in [5, 5.41) is 16.9. The molecule has 0 aromatic carbocycles. The van der Waals surface area contributed by atoms with Crippen LogP contribution in [0.2, 0.25) is 0 Å². The number of anilines is 2. The first-order chi connectivity index (χ1) is 11.5. The normalized spacial score (nSPS) is 20.1. The van der Waals surface area contributed by atoms with Crippen LogP contribution in [0.1, 0.15) is 12.8 Å². The summed E-state index contributed by atoms with van der Waals surface area (Å²) in [7, 11) is 3.50. The molecule has 0 spiro atoms. The maximum Gasteiger partial charge on any atom is 0.233 e. The van der Waals surface area contributed by atoms with Crippen LogP contribution in [0.4, 0.5) is 11.6 Å². The van der Waals surface area contributed by atoms with Crippen molar-refractivity contribution in [2.24, 2.45) is 19.5 Å². The van der Waals surface area contributed by atoms with Crippen LogP contribution in [0.25, 0.3) is 0 Å². The summed E-state index contributed by atoms with van der Waals surface area (Å²) in [6, 6.07) is 3.44. The topological polar surface area (TPSA) is 106 Å². The molecule has 3 heterocycles. The Labute approximate surface area is 139 Å². The fourth-order valence-corrected chi connectivity index (χ4v) is 2.91. The van der Waals surface area contributed by atoms with Crippen LogP contribution in [0.5, 0.6) is 0 Å². The molecule has 2 amide bonds.